The van der Waals surface area contributed by atoms with Crippen LogP contribution >= 0.6 is 11.6 Å². The Kier molecular flexibility index (Phi) is 5.59. The molecule has 2 rings (SSSR count). The second-order valence-corrected chi connectivity index (χ2v) is 5.34. The van der Waals surface area contributed by atoms with Gasteiger partial charge >= 0.3 is 0 Å². The molecule has 0 radical (unpaired) electrons. The molecule has 2 aromatic carbocycles. The van der Waals surface area contributed by atoms with Crippen LogP contribution in [0.2, 0.25) is 5.02 Å². The number of aryl methyl sites for hydroxylation is 1. The van der Waals surface area contributed by atoms with Crippen molar-refractivity contribution in [3.05, 3.63) is 64.4 Å². The van der Waals surface area contributed by atoms with Crippen molar-refractivity contribution in [2.24, 2.45) is 0 Å². The minimum atomic E-state index is -0.216. The van der Waals surface area contributed by atoms with Crippen LogP contribution in [0, 0.1) is 12.7 Å². The van der Waals surface area contributed by atoms with Crippen molar-refractivity contribution >= 4 is 11.6 Å². The Morgan fingerprint density at radius 2 is 1.90 bits per heavy atom. The maximum atomic E-state index is 14.0. The maximum Gasteiger partial charge on any atom is 0.128 e. The third-order valence-electron chi connectivity index (χ3n) is 3.21. The lowest BCUT2D eigenvalue weighted by atomic mass is 10.0. The molecule has 0 spiro atoms. The molecule has 21 heavy (non-hydrogen) atoms. The summed E-state index contributed by atoms with van der Waals surface area (Å²) in [4.78, 5) is 0. The zero-order chi connectivity index (χ0) is 15.2. The van der Waals surface area contributed by atoms with Crippen molar-refractivity contribution < 1.29 is 9.13 Å². The first-order valence-electron chi connectivity index (χ1n) is 6.98. The van der Waals surface area contributed by atoms with Crippen molar-refractivity contribution in [2.75, 3.05) is 13.2 Å². The van der Waals surface area contributed by atoms with E-state index in [1.807, 2.05) is 19.9 Å². The van der Waals surface area contributed by atoms with Crippen LogP contribution in [0.4, 0.5) is 4.39 Å². The average Bonchev–Trinajstić information content (AvgIpc) is 2.48. The lowest BCUT2D eigenvalue weighted by Crippen LogP contribution is -2.27. The molecule has 0 aliphatic rings. The number of benzene rings is 2. The molecule has 2 nitrogen and oxygen atoms in total. The third kappa shape index (κ3) is 4.45. The van der Waals surface area contributed by atoms with Gasteiger partial charge in [-0.3, -0.25) is 0 Å². The molecular formula is C17H19ClFNO. The van der Waals surface area contributed by atoms with Gasteiger partial charge < -0.3 is 10.1 Å². The maximum absolute atomic E-state index is 14.0. The van der Waals surface area contributed by atoms with E-state index in [-0.39, 0.29) is 11.9 Å². The van der Waals surface area contributed by atoms with E-state index >= 15 is 0 Å². The minimum absolute atomic E-state index is 0.189. The lowest BCUT2D eigenvalue weighted by molar-refractivity contribution is 0.265. The molecule has 0 saturated heterocycles. The molecule has 0 bridgehead atoms. The highest BCUT2D eigenvalue weighted by atomic mass is 35.5. The highest BCUT2D eigenvalue weighted by Gasteiger charge is 2.16. The van der Waals surface area contributed by atoms with Crippen LogP contribution in [0.5, 0.6) is 5.75 Å². The van der Waals surface area contributed by atoms with Gasteiger partial charge in [0, 0.05) is 10.6 Å². The van der Waals surface area contributed by atoms with Crippen LogP contribution in [0.1, 0.15) is 24.1 Å². The smallest absolute Gasteiger partial charge is 0.128 e. The third-order valence-corrected chi connectivity index (χ3v) is 3.46. The molecule has 1 N–H and O–H groups in total. The highest BCUT2D eigenvalue weighted by molar-refractivity contribution is 6.30. The molecule has 1 atom stereocenters. The van der Waals surface area contributed by atoms with Gasteiger partial charge in [0.1, 0.15) is 18.2 Å². The van der Waals surface area contributed by atoms with E-state index in [0.717, 1.165) is 17.9 Å². The monoisotopic (exact) mass is 307 g/mol. The fourth-order valence-corrected chi connectivity index (χ4v) is 2.27. The summed E-state index contributed by atoms with van der Waals surface area (Å²) < 4.78 is 19.7. The molecule has 0 saturated carbocycles. The van der Waals surface area contributed by atoms with Gasteiger partial charge in [-0.2, -0.15) is 0 Å². The summed E-state index contributed by atoms with van der Waals surface area (Å²) in [5, 5.41) is 3.92. The van der Waals surface area contributed by atoms with Gasteiger partial charge in [-0.1, -0.05) is 36.2 Å². The molecule has 0 aliphatic heterocycles. The Hall–Kier alpha value is -1.58. The Balaban J connectivity index is 2.11. The van der Waals surface area contributed by atoms with Crippen molar-refractivity contribution in [1.82, 2.24) is 5.32 Å². The average molecular weight is 308 g/mol. The summed E-state index contributed by atoms with van der Waals surface area (Å²) in [6.07, 6.45) is 0. The SMILES string of the molecule is CCNC(COc1ccc(Cl)cc1)c1cc(C)ccc1F. The standard InChI is InChI=1S/C17H19ClFNO/c1-3-20-17(15-10-12(2)4-9-16(15)19)11-21-14-7-5-13(18)6-8-14/h4-10,17,20H,3,11H2,1-2H3. The quantitative estimate of drug-likeness (QED) is 0.847. The molecular weight excluding hydrogens is 289 g/mol. The minimum Gasteiger partial charge on any atom is -0.492 e. The van der Waals surface area contributed by atoms with Gasteiger partial charge in [-0.05, 0) is 43.8 Å². The summed E-state index contributed by atoms with van der Waals surface area (Å²) >= 11 is 5.84. The second-order valence-electron chi connectivity index (χ2n) is 4.90. The molecule has 112 valence electrons. The summed E-state index contributed by atoms with van der Waals surface area (Å²) in [7, 11) is 0. The molecule has 0 heterocycles. The fraction of sp³-hybridized carbons (Fsp3) is 0.294. The Labute approximate surface area is 129 Å². The summed E-state index contributed by atoms with van der Waals surface area (Å²) in [5.41, 5.74) is 1.66. The van der Waals surface area contributed by atoms with Crippen LogP contribution in [0.15, 0.2) is 42.5 Å². The molecule has 0 aliphatic carbocycles. The predicted molar refractivity (Wildman–Crippen MR) is 84.5 cm³/mol. The van der Waals surface area contributed by atoms with E-state index < -0.39 is 0 Å². The zero-order valence-corrected chi connectivity index (χ0v) is 13.0. The summed E-state index contributed by atoms with van der Waals surface area (Å²) in [6.45, 7) is 5.03. The molecule has 4 heteroatoms. The van der Waals surface area contributed by atoms with Crippen LogP contribution in [0.3, 0.4) is 0 Å². The number of rotatable bonds is 6. The van der Waals surface area contributed by atoms with Crippen LogP contribution in [0.25, 0.3) is 0 Å². The van der Waals surface area contributed by atoms with Gasteiger partial charge in [0.25, 0.3) is 0 Å². The number of hydrogen-bond acceptors (Lipinski definition) is 2. The number of halogens is 2. The van der Waals surface area contributed by atoms with Gasteiger partial charge in [-0.15, -0.1) is 0 Å². The molecule has 0 amide bonds. The van der Waals surface area contributed by atoms with E-state index in [2.05, 4.69) is 5.32 Å². The molecule has 0 aromatic heterocycles. The van der Waals surface area contributed by atoms with E-state index in [0.29, 0.717) is 17.2 Å². The summed E-state index contributed by atoms with van der Waals surface area (Å²) in [5.74, 6) is 0.502. The van der Waals surface area contributed by atoms with E-state index in [9.17, 15) is 4.39 Å². The van der Waals surface area contributed by atoms with Gasteiger partial charge in [0.05, 0.1) is 6.04 Å². The van der Waals surface area contributed by atoms with Crippen molar-refractivity contribution in [3.8, 4) is 5.75 Å². The fourth-order valence-electron chi connectivity index (χ4n) is 2.15. The van der Waals surface area contributed by atoms with Crippen molar-refractivity contribution in [1.29, 1.82) is 0 Å². The van der Waals surface area contributed by atoms with Crippen LogP contribution in [-0.4, -0.2) is 13.2 Å². The Morgan fingerprint density at radius 1 is 1.19 bits per heavy atom. The summed E-state index contributed by atoms with van der Waals surface area (Å²) in [6, 6.07) is 12.1. The first kappa shape index (κ1) is 15.8. The normalized spacial score (nSPS) is 12.2. The van der Waals surface area contributed by atoms with Gasteiger partial charge in [0.15, 0.2) is 0 Å². The number of hydrogen-bond donors (Lipinski definition) is 1. The Bertz CT molecular complexity index is 586. The second kappa shape index (κ2) is 7.43. The number of likely N-dealkylation sites (N-methyl/N-ethyl adjacent to an activating group) is 1. The van der Waals surface area contributed by atoms with E-state index in [4.69, 9.17) is 16.3 Å². The van der Waals surface area contributed by atoms with E-state index in [1.165, 1.54) is 6.07 Å². The first-order valence-corrected chi connectivity index (χ1v) is 7.35. The molecule has 1 unspecified atom stereocenters. The number of nitrogens with one attached hydrogen (secondary N) is 1. The topological polar surface area (TPSA) is 21.3 Å². The molecule has 2 aromatic rings. The van der Waals surface area contributed by atoms with Crippen LogP contribution < -0.4 is 10.1 Å². The number of ether oxygens (including phenoxy) is 1. The molecule has 0 fully saturated rings. The van der Waals surface area contributed by atoms with Crippen LogP contribution in [-0.2, 0) is 0 Å². The lowest BCUT2D eigenvalue weighted by Gasteiger charge is -2.20. The predicted octanol–water partition coefficient (Wildman–Crippen LogP) is 4.52. The van der Waals surface area contributed by atoms with Gasteiger partial charge in [-0.25, -0.2) is 4.39 Å². The van der Waals surface area contributed by atoms with E-state index in [1.54, 1.807) is 30.3 Å². The zero-order valence-electron chi connectivity index (χ0n) is 12.2. The first-order chi connectivity index (χ1) is 10.1. The van der Waals surface area contributed by atoms with Gasteiger partial charge in [0.2, 0.25) is 0 Å². The van der Waals surface area contributed by atoms with Crippen molar-refractivity contribution in [2.45, 2.75) is 19.9 Å². The van der Waals surface area contributed by atoms with Crippen molar-refractivity contribution in [3.63, 3.8) is 0 Å². The Morgan fingerprint density at radius 3 is 2.57 bits per heavy atom. The highest BCUT2D eigenvalue weighted by Crippen LogP contribution is 2.21. The largest absolute Gasteiger partial charge is 0.492 e.